The summed E-state index contributed by atoms with van der Waals surface area (Å²) in [4.78, 5) is 6.78. The Hall–Kier alpha value is -1.87. The fourth-order valence-electron chi connectivity index (χ4n) is 4.30. The van der Waals surface area contributed by atoms with Crippen molar-refractivity contribution < 1.29 is 13.9 Å². The lowest BCUT2D eigenvalue weighted by molar-refractivity contribution is -0.0172. The van der Waals surface area contributed by atoms with Gasteiger partial charge in [-0.1, -0.05) is 37.3 Å². The molecule has 2 aromatic rings. The Morgan fingerprint density at radius 2 is 2.07 bits per heavy atom. The standard InChI is InChI=1S/C23H28FN3O2.HI/c1-23(19-6-4-3-5-7-19)9-11-27(15-23)22(25-2)26-10-8-17-12-20(24)13-18-14-28-16-29-21(17)18;/h3-7,12-13H,8-11,14-16H2,1-2H3,(H,25,26);1H. The normalized spacial score (nSPS) is 20.9. The van der Waals surface area contributed by atoms with E-state index in [4.69, 9.17) is 9.47 Å². The molecule has 1 N–H and O–H groups in total. The van der Waals surface area contributed by atoms with Gasteiger partial charge in [0.25, 0.3) is 0 Å². The van der Waals surface area contributed by atoms with E-state index in [-0.39, 0.29) is 42.0 Å². The Bertz CT molecular complexity index is 894. The van der Waals surface area contributed by atoms with E-state index < -0.39 is 0 Å². The summed E-state index contributed by atoms with van der Waals surface area (Å²) in [6.45, 7) is 5.46. The lowest BCUT2D eigenvalue weighted by Gasteiger charge is -2.27. The Balaban J connectivity index is 0.00000256. The molecule has 1 saturated heterocycles. The Morgan fingerprint density at radius 3 is 2.83 bits per heavy atom. The number of hydrogen-bond acceptors (Lipinski definition) is 3. The van der Waals surface area contributed by atoms with Gasteiger partial charge in [0.05, 0.1) is 6.61 Å². The Labute approximate surface area is 194 Å². The van der Waals surface area contributed by atoms with Crippen molar-refractivity contribution in [1.82, 2.24) is 10.2 Å². The summed E-state index contributed by atoms with van der Waals surface area (Å²) in [6, 6.07) is 13.7. The van der Waals surface area contributed by atoms with Crippen LogP contribution in [-0.4, -0.2) is 44.3 Å². The minimum Gasteiger partial charge on any atom is -0.467 e. The average Bonchev–Trinajstić information content (AvgIpc) is 3.15. The smallest absolute Gasteiger partial charge is 0.193 e. The molecule has 1 atom stereocenters. The van der Waals surface area contributed by atoms with E-state index in [2.05, 4.69) is 52.5 Å². The van der Waals surface area contributed by atoms with Crippen molar-refractivity contribution >= 4 is 29.9 Å². The third-order valence-electron chi connectivity index (χ3n) is 5.88. The fraction of sp³-hybridized carbons (Fsp3) is 0.435. The first-order valence-corrected chi connectivity index (χ1v) is 10.1. The fourth-order valence-corrected chi connectivity index (χ4v) is 4.30. The van der Waals surface area contributed by atoms with E-state index in [1.54, 1.807) is 6.07 Å². The molecule has 1 unspecified atom stereocenters. The number of halogens is 2. The topological polar surface area (TPSA) is 46.1 Å². The summed E-state index contributed by atoms with van der Waals surface area (Å²) >= 11 is 0. The van der Waals surface area contributed by atoms with Crippen LogP contribution in [0.15, 0.2) is 47.5 Å². The number of fused-ring (bicyclic) bond motifs is 1. The number of likely N-dealkylation sites (tertiary alicyclic amines) is 1. The van der Waals surface area contributed by atoms with Crippen LogP contribution < -0.4 is 10.1 Å². The molecule has 0 amide bonds. The lowest BCUT2D eigenvalue weighted by Crippen LogP contribution is -2.42. The molecule has 5 nitrogen and oxygen atoms in total. The minimum atomic E-state index is -0.254. The second-order valence-corrected chi connectivity index (χ2v) is 7.99. The van der Waals surface area contributed by atoms with Crippen LogP contribution in [0.5, 0.6) is 5.75 Å². The number of nitrogens with zero attached hydrogens (tertiary/aromatic N) is 2. The van der Waals surface area contributed by atoms with E-state index >= 15 is 0 Å². The highest BCUT2D eigenvalue weighted by molar-refractivity contribution is 14.0. The van der Waals surface area contributed by atoms with Gasteiger partial charge in [0.15, 0.2) is 12.8 Å². The average molecular weight is 525 g/mol. The number of nitrogens with one attached hydrogen (secondary N) is 1. The maximum atomic E-state index is 13.9. The van der Waals surface area contributed by atoms with Crippen LogP contribution in [0.2, 0.25) is 0 Å². The van der Waals surface area contributed by atoms with Crippen LogP contribution in [0.3, 0.4) is 0 Å². The molecule has 0 radical (unpaired) electrons. The van der Waals surface area contributed by atoms with Gasteiger partial charge in [-0.3, -0.25) is 4.99 Å². The van der Waals surface area contributed by atoms with Gasteiger partial charge in [-0.25, -0.2) is 4.39 Å². The van der Waals surface area contributed by atoms with Crippen molar-refractivity contribution in [1.29, 1.82) is 0 Å². The van der Waals surface area contributed by atoms with Crippen LogP contribution in [0.1, 0.15) is 30.0 Å². The predicted octanol–water partition coefficient (Wildman–Crippen LogP) is 4.09. The van der Waals surface area contributed by atoms with Gasteiger partial charge in [-0.15, -0.1) is 24.0 Å². The zero-order chi connectivity index (χ0) is 20.3. The molecule has 2 aliphatic rings. The molecule has 2 aromatic carbocycles. The van der Waals surface area contributed by atoms with Crippen molar-refractivity contribution in [2.75, 3.05) is 33.5 Å². The van der Waals surface area contributed by atoms with Crippen molar-refractivity contribution in [3.05, 3.63) is 65.0 Å². The van der Waals surface area contributed by atoms with Gasteiger partial charge in [-0.2, -0.15) is 0 Å². The summed E-state index contributed by atoms with van der Waals surface area (Å²) < 4.78 is 24.8. The molecule has 0 bridgehead atoms. The molecular weight excluding hydrogens is 496 g/mol. The number of ether oxygens (including phenoxy) is 2. The first-order valence-electron chi connectivity index (χ1n) is 10.1. The zero-order valence-electron chi connectivity index (χ0n) is 17.5. The van der Waals surface area contributed by atoms with Crippen LogP contribution >= 0.6 is 24.0 Å². The first kappa shape index (κ1) is 22.8. The molecule has 30 heavy (non-hydrogen) atoms. The number of hydrogen-bond donors (Lipinski definition) is 1. The maximum Gasteiger partial charge on any atom is 0.193 e. The van der Waals surface area contributed by atoms with Crippen molar-refractivity contribution in [2.24, 2.45) is 4.99 Å². The van der Waals surface area contributed by atoms with E-state index in [0.717, 1.165) is 42.3 Å². The summed E-state index contributed by atoms with van der Waals surface area (Å²) in [6.07, 6.45) is 1.74. The van der Waals surface area contributed by atoms with Gasteiger partial charge < -0.3 is 19.7 Å². The number of benzene rings is 2. The Morgan fingerprint density at radius 1 is 1.27 bits per heavy atom. The highest BCUT2D eigenvalue weighted by Gasteiger charge is 2.36. The molecule has 7 heteroatoms. The third-order valence-corrected chi connectivity index (χ3v) is 5.88. The van der Waals surface area contributed by atoms with Crippen molar-refractivity contribution in [3.8, 4) is 5.75 Å². The molecule has 4 rings (SSSR count). The SMILES string of the molecule is CN=C(NCCc1cc(F)cc2c1OCOC2)N1CCC(C)(c2ccccc2)C1.I. The lowest BCUT2D eigenvalue weighted by atomic mass is 9.82. The highest BCUT2D eigenvalue weighted by atomic mass is 127. The maximum absolute atomic E-state index is 13.9. The van der Waals surface area contributed by atoms with Gasteiger partial charge in [0.2, 0.25) is 0 Å². The van der Waals surface area contributed by atoms with Gasteiger partial charge in [0.1, 0.15) is 11.6 Å². The van der Waals surface area contributed by atoms with Crippen LogP contribution in [0, 0.1) is 5.82 Å². The molecule has 2 aliphatic heterocycles. The van der Waals surface area contributed by atoms with Crippen LogP contribution in [0.25, 0.3) is 0 Å². The van der Waals surface area contributed by atoms with Gasteiger partial charge in [0, 0.05) is 37.7 Å². The first-order chi connectivity index (χ1) is 14.1. The number of aliphatic imine (C=N–C) groups is 1. The van der Waals surface area contributed by atoms with Gasteiger partial charge in [-0.05, 0) is 36.1 Å². The van der Waals surface area contributed by atoms with Crippen molar-refractivity contribution in [2.45, 2.75) is 31.8 Å². The monoisotopic (exact) mass is 525 g/mol. The Kier molecular flexibility index (Phi) is 7.57. The van der Waals surface area contributed by atoms with E-state index in [0.29, 0.717) is 19.6 Å². The number of rotatable bonds is 4. The zero-order valence-corrected chi connectivity index (χ0v) is 19.8. The molecule has 2 heterocycles. The van der Waals surface area contributed by atoms with E-state index in [1.807, 2.05) is 7.05 Å². The highest BCUT2D eigenvalue weighted by Crippen LogP contribution is 2.34. The summed E-state index contributed by atoms with van der Waals surface area (Å²) in [5, 5.41) is 3.44. The van der Waals surface area contributed by atoms with Crippen LogP contribution in [-0.2, 0) is 23.2 Å². The molecule has 0 aromatic heterocycles. The number of guanidine groups is 1. The molecule has 0 saturated carbocycles. The molecule has 0 spiro atoms. The molecule has 0 aliphatic carbocycles. The van der Waals surface area contributed by atoms with E-state index in [9.17, 15) is 4.39 Å². The quantitative estimate of drug-likeness (QED) is 0.371. The summed E-state index contributed by atoms with van der Waals surface area (Å²) in [5.74, 6) is 1.39. The second kappa shape index (κ2) is 9.96. The minimum absolute atomic E-state index is 0. The molecule has 162 valence electrons. The van der Waals surface area contributed by atoms with Crippen molar-refractivity contribution in [3.63, 3.8) is 0 Å². The van der Waals surface area contributed by atoms with Crippen LogP contribution in [0.4, 0.5) is 4.39 Å². The molecular formula is C23H29FIN3O2. The molecule has 1 fully saturated rings. The van der Waals surface area contributed by atoms with Gasteiger partial charge >= 0.3 is 0 Å². The second-order valence-electron chi connectivity index (χ2n) is 7.99. The summed E-state index contributed by atoms with van der Waals surface area (Å²) in [7, 11) is 1.81. The van der Waals surface area contributed by atoms with E-state index in [1.165, 1.54) is 11.6 Å². The predicted molar refractivity (Wildman–Crippen MR) is 127 cm³/mol. The third kappa shape index (κ3) is 4.88. The largest absolute Gasteiger partial charge is 0.467 e. The summed E-state index contributed by atoms with van der Waals surface area (Å²) in [5.41, 5.74) is 3.12.